The molecule has 1 atom stereocenters. The van der Waals surface area contributed by atoms with Gasteiger partial charge >= 0.3 is 6.03 Å². The highest BCUT2D eigenvalue weighted by Crippen LogP contribution is 2.35. The van der Waals surface area contributed by atoms with Crippen LogP contribution in [0.25, 0.3) is 11.1 Å². The molecule has 2 amide bonds. The standard InChI is InChI=1S/C28H39FN2O3/c1-22-10-8-12-23(20-22)27-25(13-9-14-26(27)29)24(11-4-7-18-33-3)21-34-19-17-30(2)28(32)31-15-5-6-16-31/h8-10,12-14,20,24H,4-7,11,15-19,21H2,1-3H3. The zero-order valence-electron chi connectivity index (χ0n) is 20.9. The predicted molar refractivity (Wildman–Crippen MR) is 135 cm³/mol. The average Bonchev–Trinajstić information content (AvgIpc) is 3.37. The number of halogens is 1. The summed E-state index contributed by atoms with van der Waals surface area (Å²) in [6.45, 7) is 5.91. The molecule has 1 aliphatic heterocycles. The minimum atomic E-state index is -0.207. The average molecular weight is 471 g/mol. The number of urea groups is 1. The number of aryl methyl sites for hydroxylation is 1. The first-order valence-electron chi connectivity index (χ1n) is 12.4. The summed E-state index contributed by atoms with van der Waals surface area (Å²) in [6, 6.07) is 13.4. The van der Waals surface area contributed by atoms with Gasteiger partial charge in [0.25, 0.3) is 0 Å². The van der Waals surface area contributed by atoms with Crippen molar-refractivity contribution >= 4 is 6.03 Å². The second-order valence-corrected chi connectivity index (χ2v) is 9.23. The third-order valence-corrected chi connectivity index (χ3v) is 6.54. The molecule has 0 radical (unpaired) electrons. The van der Waals surface area contributed by atoms with E-state index < -0.39 is 0 Å². The van der Waals surface area contributed by atoms with E-state index in [4.69, 9.17) is 9.47 Å². The first-order chi connectivity index (χ1) is 16.5. The van der Waals surface area contributed by atoms with Crippen molar-refractivity contribution in [1.29, 1.82) is 0 Å². The second-order valence-electron chi connectivity index (χ2n) is 9.23. The number of hydrogen-bond donors (Lipinski definition) is 0. The largest absolute Gasteiger partial charge is 0.385 e. The SMILES string of the molecule is COCCCCC(COCCN(C)C(=O)N1CCCC1)c1cccc(F)c1-c1cccc(C)c1. The predicted octanol–water partition coefficient (Wildman–Crippen LogP) is 5.87. The number of unbranched alkanes of at least 4 members (excludes halogenated alkanes) is 1. The Balaban J connectivity index is 1.68. The molecule has 34 heavy (non-hydrogen) atoms. The van der Waals surface area contributed by atoms with Crippen LogP contribution in [-0.4, -0.2) is 69.4 Å². The lowest BCUT2D eigenvalue weighted by atomic mass is 9.87. The number of ether oxygens (including phenoxy) is 2. The number of hydrogen-bond acceptors (Lipinski definition) is 3. The fourth-order valence-electron chi connectivity index (χ4n) is 4.62. The molecule has 1 unspecified atom stereocenters. The van der Waals surface area contributed by atoms with Gasteiger partial charge in [-0.05, 0) is 49.8 Å². The Labute approximate surface area is 203 Å². The number of methoxy groups -OCH3 is 1. The van der Waals surface area contributed by atoms with Gasteiger partial charge in [-0.3, -0.25) is 0 Å². The first kappa shape index (κ1) is 26.2. The molecular formula is C28H39FN2O3. The van der Waals surface area contributed by atoms with E-state index in [0.717, 1.165) is 61.9 Å². The normalized spacial score (nSPS) is 14.4. The van der Waals surface area contributed by atoms with Crippen molar-refractivity contribution in [3.8, 4) is 11.1 Å². The molecule has 186 valence electrons. The maximum Gasteiger partial charge on any atom is 0.319 e. The van der Waals surface area contributed by atoms with Crippen LogP contribution in [-0.2, 0) is 9.47 Å². The van der Waals surface area contributed by atoms with Crippen LogP contribution in [0.5, 0.6) is 0 Å². The molecule has 1 saturated heterocycles. The van der Waals surface area contributed by atoms with E-state index in [-0.39, 0.29) is 17.8 Å². The lowest BCUT2D eigenvalue weighted by Crippen LogP contribution is -2.40. The van der Waals surface area contributed by atoms with E-state index in [1.807, 2.05) is 49.2 Å². The van der Waals surface area contributed by atoms with E-state index in [2.05, 4.69) is 0 Å². The highest BCUT2D eigenvalue weighted by atomic mass is 19.1. The molecule has 3 rings (SSSR count). The lowest BCUT2D eigenvalue weighted by Gasteiger charge is -2.25. The lowest BCUT2D eigenvalue weighted by molar-refractivity contribution is 0.0957. The summed E-state index contributed by atoms with van der Waals surface area (Å²) < 4.78 is 26.4. The van der Waals surface area contributed by atoms with Crippen molar-refractivity contribution in [3.05, 3.63) is 59.4 Å². The van der Waals surface area contributed by atoms with Crippen LogP contribution in [0.15, 0.2) is 42.5 Å². The third-order valence-electron chi connectivity index (χ3n) is 6.54. The Hall–Kier alpha value is -2.44. The number of likely N-dealkylation sites (tertiary alicyclic amines) is 1. The number of rotatable bonds is 12. The molecule has 1 fully saturated rings. The van der Waals surface area contributed by atoms with Crippen molar-refractivity contribution in [3.63, 3.8) is 0 Å². The van der Waals surface area contributed by atoms with Crippen LogP contribution < -0.4 is 0 Å². The molecular weight excluding hydrogens is 431 g/mol. The topological polar surface area (TPSA) is 42.0 Å². The summed E-state index contributed by atoms with van der Waals surface area (Å²) in [7, 11) is 3.54. The van der Waals surface area contributed by atoms with Gasteiger partial charge in [-0.25, -0.2) is 9.18 Å². The summed E-state index contributed by atoms with van der Waals surface area (Å²) in [5.41, 5.74) is 3.63. The molecule has 0 aromatic heterocycles. The van der Waals surface area contributed by atoms with Crippen LogP contribution in [0, 0.1) is 12.7 Å². The quantitative estimate of drug-likeness (QED) is 0.365. The van der Waals surface area contributed by atoms with Crippen molar-refractivity contribution in [2.24, 2.45) is 0 Å². The number of nitrogens with zero attached hydrogens (tertiary/aromatic N) is 2. The maximum absolute atomic E-state index is 15.1. The minimum Gasteiger partial charge on any atom is -0.385 e. The van der Waals surface area contributed by atoms with E-state index >= 15 is 4.39 Å². The molecule has 0 N–H and O–H groups in total. The van der Waals surface area contributed by atoms with Crippen molar-refractivity contribution < 1.29 is 18.7 Å². The zero-order valence-corrected chi connectivity index (χ0v) is 20.9. The van der Waals surface area contributed by atoms with Gasteiger partial charge < -0.3 is 19.3 Å². The van der Waals surface area contributed by atoms with E-state index in [9.17, 15) is 4.79 Å². The maximum atomic E-state index is 15.1. The fourth-order valence-corrected chi connectivity index (χ4v) is 4.62. The van der Waals surface area contributed by atoms with E-state index in [0.29, 0.717) is 31.9 Å². The Morgan fingerprint density at radius 1 is 1.12 bits per heavy atom. The Morgan fingerprint density at radius 2 is 1.88 bits per heavy atom. The van der Waals surface area contributed by atoms with Crippen LogP contribution in [0.1, 0.15) is 49.1 Å². The molecule has 1 heterocycles. The van der Waals surface area contributed by atoms with Gasteiger partial charge in [0.1, 0.15) is 5.82 Å². The molecule has 0 spiro atoms. The minimum absolute atomic E-state index is 0.0580. The van der Waals surface area contributed by atoms with E-state index in [1.54, 1.807) is 18.1 Å². The first-order valence-corrected chi connectivity index (χ1v) is 12.4. The van der Waals surface area contributed by atoms with E-state index in [1.165, 1.54) is 6.07 Å². The summed E-state index contributed by atoms with van der Waals surface area (Å²) in [6.07, 6.45) is 4.97. The molecule has 6 heteroatoms. The van der Waals surface area contributed by atoms with Gasteiger partial charge in [0, 0.05) is 51.9 Å². The summed E-state index contributed by atoms with van der Waals surface area (Å²) >= 11 is 0. The number of carbonyl (C=O) groups is 1. The van der Waals surface area contributed by atoms with Gasteiger partial charge in [-0.1, -0.05) is 48.4 Å². The highest BCUT2D eigenvalue weighted by Gasteiger charge is 2.22. The van der Waals surface area contributed by atoms with Crippen molar-refractivity contribution in [2.75, 3.05) is 53.6 Å². The zero-order chi connectivity index (χ0) is 24.3. The summed E-state index contributed by atoms with van der Waals surface area (Å²) in [5.74, 6) is -0.149. The van der Waals surface area contributed by atoms with Gasteiger partial charge in [-0.15, -0.1) is 0 Å². The number of benzene rings is 2. The van der Waals surface area contributed by atoms with Crippen molar-refractivity contribution in [2.45, 2.75) is 44.9 Å². The Morgan fingerprint density at radius 3 is 2.62 bits per heavy atom. The highest BCUT2D eigenvalue weighted by molar-refractivity contribution is 5.74. The van der Waals surface area contributed by atoms with Crippen LogP contribution in [0.3, 0.4) is 0 Å². The number of amides is 2. The van der Waals surface area contributed by atoms with Gasteiger partial charge in [0.05, 0.1) is 13.2 Å². The van der Waals surface area contributed by atoms with Gasteiger partial charge in [0.2, 0.25) is 0 Å². The Bertz CT molecular complexity index is 914. The molecule has 5 nitrogen and oxygen atoms in total. The monoisotopic (exact) mass is 470 g/mol. The fraction of sp³-hybridized carbons (Fsp3) is 0.536. The third kappa shape index (κ3) is 7.28. The summed E-state index contributed by atoms with van der Waals surface area (Å²) in [4.78, 5) is 16.1. The molecule has 0 aliphatic carbocycles. The second kappa shape index (κ2) is 13.4. The molecule has 2 aromatic carbocycles. The number of likely N-dealkylation sites (N-methyl/N-ethyl adjacent to an activating group) is 1. The smallest absolute Gasteiger partial charge is 0.319 e. The van der Waals surface area contributed by atoms with Crippen LogP contribution in [0.4, 0.5) is 9.18 Å². The van der Waals surface area contributed by atoms with Crippen molar-refractivity contribution in [1.82, 2.24) is 9.80 Å². The van der Waals surface area contributed by atoms with Crippen LogP contribution >= 0.6 is 0 Å². The summed E-state index contributed by atoms with van der Waals surface area (Å²) in [5, 5.41) is 0. The molecule has 0 bridgehead atoms. The Kier molecular flexibility index (Phi) is 10.4. The number of carbonyl (C=O) groups excluding carboxylic acids is 1. The van der Waals surface area contributed by atoms with Gasteiger partial charge in [0.15, 0.2) is 0 Å². The molecule has 2 aromatic rings. The van der Waals surface area contributed by atoms with Gasteiger partial charge in [-0.2, -0.15) is 0 Å². The molecule has 0 saturated carbocycles. The van der Waals surface area contributed by atoms with Crippen LogP contribution in [0.2, 0.25) is 0 Å². The molecule has 1 aliphatic rings.